The van der Waals surface area contributed by atoms with Gasteiger partial charge in [0.25, 0.3) is 0 Å². The van der Waals surface area contributed by atoms with Gasteiger partial charge >= 0.3 is 0 Å². The van der Waals surface area contributed by atoms with Crippen LogP contribution in [0.5, 0.6) is 0 Å². The Hall–Kier alpha value is -5.28. The standard InChI is InChI=1S/C44H43N3/c1-5-31-9-17-35(18-10-31)46(36-19-11-32(6-2)12-20-36)39-25-27-43-41(29-39)42-30-40(26-28-44(42)45-43)47(37-21-13-33(7-3)14-22-37)38-23-15-34(8-4)16-24-38/h9-30,45H,5-8H2,1-4H3. The minimum absolute atomic E-state index is 1.03. The van der Waals surface area contributed by atoms with Crippen LogP contribution in [0.1, 0.15) is 49.9 Å². The molecule has 6 aromatic carbocycles. The van der Waals surface area contributed by atoms with Crippen LogP contribution in [-0.2, 0) is 25.7 Å². The first kappa shape index (κ1) is 30.4. The fourth-order valence-electron chi connectivity index (χ4n) is 6.57. The summed E-state index contributed by atoms with van der Waals surface area (Å²) in [6, 6.07) is 49.5. The van der Waals surface area contributed by atoms with Gasteiger partial charge in [-0.05, 0) is 133 Å². The number of H-pyrrole nitrogens is 1. The van der Waals surface area contributed by atoms with E-state index in [-0.39, 0.29) is 0 Å². The van der Waals surface area contributed by atoms with Crippen molar-refractivity contribution in [3.8, 4) is 0 Å². The van der Waals surface area contributed by atoms with E-state index in [0.717, 1.165) is 70.8 Å². The average Bonchev–Trinajstić information content (AvgIpc) is 3.50. The predicted molar refractivity (Wildman–Crippen MR) is 203 cm³/mol. The van der Waals surface area contributed by atoms with Gasteiger partial charge < -0.3 is 14.8 Å². The molecule has 7 aromatic rings. The van der Waals surface area contributed by atoms with Crippen LogP contribution in [0.2, 0.25) is 0 Å². The number of nitrogens with one attached hydrogen (secondary N) is 1. The summed E-state index contributed by atoms with van der Waals surface area (Å²) in [5.41, 5.74) is 14.5. The molecular weight excluding hydrogens is 571 g/mol. The Morgan fingerprint density at radius 2 is 0.596 bits per heavy atom. The van der Waals surface area contributed by atoms with Crippen LogP contribution in [0, 0.1) is 0 Å². The Morgan fingerprint density at radius 1 is 0.340 bits per heavy atom. The zero-order valence-corrected chi connectivity index (χ0v) is 27.9. The highest BCUT2D eigenvalue weighted by molar-refractivity contribution is 6.10. The second-order valence-electron chi connectivity index (χ2n) is 12.3. The number of aromatic nitrogens is 1. The highest BCUT2D eigenvalue weighted by atomic mass is 15.1. The third kappa shape index (κ3) is 6.02. The molecule has 0 radical (unpaired) electrons. The summed E-state index contributed by atoms with van der Waals surface area (Å²) < 4.78 is 0. The van der Waals surface area contributed by atoms with E-state index >= 15 is 0 Å². The lowest BCUT2D eigenvalue weighted by Gasteiger charge is -2.26. The van der Waals surface area contributed by atoms with Gasteiger partial charge in [0, 0.05) is 55.9 Å². The van der Waals surface area contributed by atoms with Gasteiger partial charge in [-0.25, -0.2) is 0 Å². The molecule has 1 N–H and O–H groups in total. The third-order valence-electron chi connectivity index (χ3n) is 9.49. The second kappa shape index (κ2) is 13.2. The Labute approximate surface area is 279 Å². The molecule has 0 bridgehead atoms. The minimum Gasteiger partial charge on any atom is -0.355 e. The lowest BCUT2D eigenvalue weighted by Crippen LogP contribution is -2.10. The predicted octanol–water partition coefficient (Wildman–Crippen LogP) is 12.5. The molecule has 0 fully saturated rings. The monoisotopic (exact) mass is 613 g/mol. The molecular formula is C44H43N3. The van der Waals surface area contributed by atoms with E-state index in [1.807, 2.05) is 0 Å². The first-order chi connectivity index (χ1) is 23.1. The number of anilines is 6. The third-order valence-corrected chi connectivity index (χ3v) is 9.49. The second-order valence-corrected chi connectivity index (χ2v) is 12.3. The molecule has 3 heteroatoms. The van der Waals surface area contributed by atoms with Crippen molar-refractivity contribution in [3.05, 3.63) is 156 Å². The van der Waals surface area contributed by atoms with Crippen LogP contribution in [0.3, 0.4) is 0 Å². The number of fused-ring (bicyclic) bond motifs is 3. The number of hydrogen-bond donors (Lipinski definition) is 1. The Balaban J connectivity index is 1.37. The van der Waals surface area contributed by atoms with Crippen molar-refractivity contribution in [1.82, 2.24) is 4.98 Å². The van der Waals surface area contributed by atoms with Gasteiger partial charge in [-0.1, -0.05) is 76.2 Å². The average molecular weight is 614 g/mol. The first-order valence-electron chi connectivity index (χ1n) is 17.1. The Bertz CT molecular complexity index is 1850. The topological polar surface area (TPSA) is 22.3 Å². The van der Waals surface area contributed by atoms with Gasteiger partial charge in [0.05, 0.1) is 0 Å². The van der Waals surface area contributed by atoms with Crippen molar-refractivity contribution in [2.45, 2.75) is 53.4 Å². The molecule has 0 aliphatic carbocycles. The number of aromatic amines is 1. The lowest BCUT2D eigenvalue weighted by atomic mass is 10.1. The van der Waals surface area contributed by atoms with E-state index in [4.69, 9.17) is 0 Å². The normalized spacial score (nSPS) is 11.3. The molecule has 0 spiro atoms. The number of rotatable bonds is 10. The molecule has 0 amide bonds. The highest BCUT2D eigenvalue weighted by Crippen LogP contribution is 2.41. The summed E-state index contributed by atoms with van der Waals surface area (Å²) in [6.45, 7) is 8.82. The van der Waals surface area contributed by atoms with Crippen LogP contribution >= 0.6 is 0 Å². The van der Waals surface area contributed by atoms with Crippen LogP contribution in [0.25, 0.3) is 21.8 Å². The van der Waals surface area contributed by atoms with Crippen molar-refractivity contribution in [3.63, 3.8) is 0 Å². The molecule has 0 saturated heterocycles. The summed E-state index contributed by atoms with van der Waals surface area (Å²) in [4.78, 5) is 8.44. The molecule has 1 heterocycles. The fraction of sp³-hybridized carbons (Fsp3) is 0.182. The van der Waals surface area contributed by atoms with Crippen molar-refractivity contribution in [2.75, 3.05) is 9.80 Å². The summed E-state index contributed by atoms with van der Waals surface area (Å²) in [5, 5.41) is 2.42. The van der Waals surface area contributed by atoms with Crippen LogP contribution < -0.4 is 9.80 Å². The van der Waals surface area contributed by atoms with Crippen molar-refractivity contribution >= 4 is 55.9 Å². The highest BCUT2D eigenvalue weighted by Gasteiger charge is 2.17. The molecule has 0 saturated carbocycles. The number of aryl methyl sites for hydroxylation is 4. The molecule has 47 heavy (non-hydrogen) atoms. The summed E-state index contributed by atoms with van der Waals surface area (Å²) in [5.74, 6) is 0. The van der Waals surface area contributed by atoms with Gasteiger partial charge in [0.15, 0.2) is 0 Å². The summed E-state index contributed by atoms with van der Waals surface area (Å²) in [7, 11) is 0. The zero-order valence-electron chi connectivity index (χ0n) is 27.9. The lowest BCUT2D eigenvalue weighted by molar-refractivity contribution is 1.13. The molecule has 1 aromatic heterocycles. The number of hydrogen-bond acceptors (Lipinski definition) is 2. The molecule has 7 rings (SSSR count). The van der Waals surface area contributed by atoms with E-state index in [0.29, 0.717) is 0 Å². The zero-order chi connectivity index (χ0) is 32.3. The number of benzene rings is 6. The van der Waals surface area contributed by atoms with Gasteiger partial charge in [-0.3, -0.25) is 0 Å². The van der Waals surface area contributed by atoms with E-state index in [2.05, 4.69) is 176 Å². The van der Waals surface area contributed by atoms with Crippen molar-refractivity contribution < 1.29 is 0 Å². The first-order valence-corrected chi connectivity index (χ1v) is 17.1. The van der Waals surface area contributed by atoms with Gasteiger partial charge in [-0.15, -0.1) is 0 Å². The maximum atomic E-state index is 3.69. The SMILES string of the molecule is CCc1ccc(N(c2ccc(CC)cc2)c2ccc3[nH]c4ccc(N(c5ccc(CC)cc5)c5ccc(CC)cc5)cc4c3c2)cc1. The smallest absolute Gasteiger partial charge is 0.0469 e. The van der Waals surface area contributed by atoms with E-state index in [9.17, 15) is 0 Å². The van der Waals surface area contributed by atoms with Crippen LogP contribution in [0.4, 0.5) is 34.1 Å². The minimum atomic E-state index is 1.03. The molecule has 3 nitrogen and oxygen atoms in total. The number of nitrogens with zero attached hydrogens (tertiary/aromatic N) is 2. The molecule has 234 valence electrons. The molecule has 0 atom stereocenters. The van der Waals surface area contributed by atoms with Crippen LogP contribution in [-0.4, -0.2) is 4.98 Å². The molecule has 0 aliphatic heterocycles. The molecule has 0 unspecified atom stereocenters. The Morgan fingerprint density at radius 3 is 0.851 bits per heavy atom. The van der Waals surface area contributed by atoms with Crippen LogP contribution in [0.15, 0.2) is 133 Å². The van der Waals surface area contributed by atoms with E-state index in [1.165, 1.54) is 33.0 Å². The van der Waals surface area contributed by atoms with E-state index in [1.54, 1.807) is 0 Å². The maximum absolute atomic E-state index is 3.69. The quantitative estimate of drug-likeness (QED) is 0.166. The molecule has 0 aliphatic rings. The van der Waals surface area contributed by atoms with Crippen molar-refractivity contribution in [1.29, 1.82) is 0 Å². The van der Waals surface area contributed by atoms with Crippen molar-refractivity contribution in [2.24, 2.45) is 0 Å². The fourth-order valence-corrected chi connectivity index (χ4v) is 6.57. The maximum Gasteiger partial charge on any atom is 0.0469 e. The largest absolute Gasteiger partial charge is 0.355 e. The summed E-state index contributed by atoms with van der Waals surface area (Å²) in [6.07, 6.45) is 4.10. The van der Waals surface area contributed by atoms with Gasteiger partial charge in [0.1, 0.15) is 0 Å². The summed E-state index contributed by atoms with van der Waals surface area (Å²) >= 11 is 0. The Kier molecular flexibility index (Phi) is 8.54. The van der Waals surface area contributed by atoms with E-state index < -0.39 is 0 Å². The van der Waals surface area contributed by atoms with Gasteiger partial charge in [0.2, 0.25) is 0 Å². The van der Waals surface area contributed by atoms with Gasteiger partial charge in [-0.2, -0.15) is 0 Å².